The van der Waals surface area contributed by atoms with E-state index in [9.17, 15) is 0 Å². The van der Waals surface area contributed by atoms with Crippen LogP contribution in [0.15, 0.2) is 54.6 Å². The molecule has 0 amide bonds. The lowest BCUT2D eigenvalue weighted by atomic mass is 10.4. The summed E-state index contributed by atoms with van der Waals surface area (Å²) in [5.41, 5.74) is 0. The molecule has 0 bridgehead atoms. The fraction of sp³-hybridized carbons (Fsp3) is 0. The summed E-state index contributed by atoms with van der Waals surface area (Å²) in [6.07, 6.45) is 0. The van der Waals surface area contributed by atoms with Crippen molar-refractivity contribution in [1.82, 2.24) is 0 Å². The van der Waals surface area contributed by atoms with Crippen LogP contribution in [0.3, 0.4) is 0 Å². The van der Waals surface area contributed by atoms with Gasteiger partial charge in [0.05, 0.1) is 0 Å². The van der Waals surface area contributed by atoms with E-state index in [0.717, 1.165) is 5.02 Å². The lowest BCUT2D eigenvalue weighted by Crippen LogP contribution is -2.05. The van der Waals surface area contributed by atoms with Crippen molar-refractivity contribution >= 4 is 81.1 Å². The van der Waals surface area contributed by atoms with Crippen LogP contribution in [0.2, 0.25) is 5.02 Å². The number of hydrogen-bond donors (Lipinski definition) is 0. The second kappa shape index (κ2) is 10.1. The molecule has 0 aliphatic heterocycles. The van der Waals surface area contributed by atoms with E-state index in [1.165, 1.54) is 7.39 Å². The highest BCUT2D eigenvalue weighted by Gasteiger charge is 1.92. The fourth-order valence-corrected chi connectivity index (χ4v) is 4.37. The average molecular weight is 397 g/mol. The maximum Gasteiger partial charge on any atom is 0.506 e. The minimum atomic E-state index is -0.171. The van der Waals surface area contributed by atoms with Crippen LogP contribution in [0.4, 0.5) is 0 Å². The van der Waals surface area contributed by atoms with Crippen molar-refractivity contribution in [2.24, 2.45) is 0 Å². The molecule has 0 fully saturated rings. The van der Waals surface area contributed by atoms with E-state index in [1.807, 2.05) is 18.2 Å². The molecule has 2 aromatic rings. The van der Waals surface area contributed by atoms with Gasteiger partial charge >= 0.3 is 36.4 Å². The summed E-state index contributed by atoms with van der Waals surface area (Å²) in [5, 5.41) is 0.814. The SMILES string of the molecule is Clc1cc[c]([Mg][Br])cc1.[Br][Mg][c]1ccccc1. The molecule has 0 atom stereocenters. The molecule has 0 nitrogen and oxygen atoms in total. The first-order chi connectivity index (χ1) is 8.26. The number of halogens is 3. The van der Waals surface area contributed by atoms with E-state index >= 15 is 0 Å². The summed E-state index contributed by atoms with van der Waals surface area (Å²) in [7, 11) is 0. The molecule has 0 saturated heterocycles. The minimum absolute atomic E-state index is 0.0962. The monoisotopic (exact) mass is 394 g/mol. The Balaban J connectivity index is 0.000000171. The van der Waals surface area contributed by atoms with E-state index < -0.39 is 0 Å². The number of rotatable bonds is 2. The molecule has 0 spiro atoms. The van der Waals surface area contributed by atoms with Crippen LogP contribution in [-0.4, -0.2) is 36.4 Å². The molecule has 82 valence electrons. The van der Waals surface area contributed by atoms with Crippen LogP contribution in [-0.2, 0) is 0 Å². The third-order valence-electron chi connectivity index (χ3n) is 2.06. The Hall–Kier alpha value is 1.22. The van der Waals surface area contributed by atoms with Gasteiger partial charge in [0.2, 0.25) is 0 Å². The van der Waals surface area contributed by atoms with Gasteiger partial charge in [-0.3, -0.25) is 25.8 Å². The standard InChI is InChI=1S/C6H4Cl.C6H5.2BrH.2Mg/c7-6-4-2-1-3-5-6;1-2-4-6-5-3-1;;;;/h2-5H;1-5H;2*1H;;/q;;;;2*+1/p-2. The zero-order valence-electron chi connectivity index (χ0n) is 9.24. The van der Waals surface area contributed by atoms with Gasteiger partial charge in [-0.2, -0.15) is 7.39 Å². The highest BCUT2D eigenvalue weighted by atomic mass is 79.9. The quantitative estimate of drug-likeness (QED) is 0.683. The van der Waals surface area contributed by atoms with Crippen molar-refractivity contribution in [2.45, 2.75) is 0 Å². The minimum Gasteiger partial charge on any atom is -0.296 e. The molecule has 2 aromatic carbocycles. The van der Waals surface area contributed by atoms with E-state index in [1.54, 1.807) is 0 Å². The third-order valence-corrected chi connectivity index (χ3v) is 7.76. The highest BCUT2D eigenvalue weighted by molar-refractivity contribution is 9.23. The maximum absolute atomic E-state index is 5.67. The molecular formula is C12H9Br2ClMg2. The maximum atomic E-state index is 5.67. The lowest BCUT2D eigenvalue weighted by molar-refractivity contribution is 1.77. The lowest BCUT2D eigenvalue weighted by Gasteiger charge is -1.91. The first kappa shape index (κ1) is 16.3. The fourth-order valence-electron chi connectivity index (χ4n) is 1.14. The first-order valence-corrected chi connectivity index (χ1v) is 14.8. The second-order valence-electron chi connectivity index (χ2n) is 3.38. The summed E-state index contributed by atoms with van der Waals surface area (Å²) >= 11 is 12.4. The molecule has 0 radical (unpaired) electrons. The summed E-state index contributed by atoms with van der Waals surface area (Å²) < 4.78 is 2.85. The molecule has 0 aliphatic rings. The molecular weight excluding hydrogens is 388 g/mol. The zero-order chi connectivity index (χ0) is 12.5. The van der Waals surface area contributed by atoms with Gasteiger partial charge in [-0.05, 0) is 12.1 Å². The van der Waals surface area contributed by atoms with Crippen molar-refractivity contribution in [3.05, 3.63) is 59.6 Å². The van der Waals surface area contributed by atoms with Gasteiger partial charge in [-0.1, -0.05) is 54.1 Å². The number of benzene rings is 2. The molecule has 5 heteroatoms. The van der Waals surface area contributed by atoms with Crippen LogP contribution in [0.25, 0.3) is 0 Å². The van der Waals surface area contributed by atoms with Gasteiger partial charge in [0.1, 0.15) is 0 Å². The summed E-state index contributed by atoms with van der Waals surface area (Å²) in [4.78, 5) is 0. The van der Waals surface area contributed by atoms with Crippen LogP contribution in [0, 0.1) is 0 Å². The molecule has 0 heterocycles. The summed E-state index contributed by atoms with van der Waals surface area (Å²) in [5.74, 6) is 0. The van der Waals surface area contributed by atoms with Crippen molar-refractivity contribution in [1.29, 1.82) is 0 Å². The molecule has 0 aromatic heterocycles. The Bertz CT molecular complexity index is 420. The zero-order valence-corrected chi connectivity index (χ0v) is 16.0. The predicted molar refractivity (Wildman–Crippen MR) is 86.5 cm³/mol. The van der Waals surface area contributed by atoms with Crippen molar-refractivity contribution in [3.63, 3.8) is 0 Å². The van der Waals surface area contributed by atoms with E-state index in [-0.39, 0.29) is 36.4 Å². The molecule has 0 N–H and O–H groups in total. The summed E-state index contributed by atoms with van der Waals surface area (Å²) in [6, 6.07) is 18.5. The third kappa shape index (κ3) is 7.40. The molecule has 0 aliphatic carbocycles. The first-order valence-electron chi connectivity index (χ1n) is 5.16. The molecule has 2 rings (SSSR count). The van der Waals surface area contributed by atoms with E-state index in [4.69, 9.17) is 11.6 Å². The molecule has 17 heavy (non-hydrogen) atoms. The van der Waals surface area contributed by atoms with Crippen molar-refractivity contribution in [3.8, 4) is 0 Å². The number of hydrogen-bond acceptors (Lipinski definition) is 0. The summed E-state index contributed by atoms with van der Waals surface area (Å²) in [6.45, 7) is 0. The smallest absolute Gasteiger partial charge is 0.296 e. The average Bonchev–Trinajstić information content (AvgIpc) is 2.41. The molecule has 0 saturated carbocycles. The van der Waals surface area contributed by atoms with Crippen molar-refractivity contribution < 1.29 is 0 Å². The largest absolute Gasteiger partial charge is 0.506 e. The van der Waals surface area contributed by atoms with Crippen LogP contribution in [0.5, 0.6) is 0 Å². The Kier molecular flexibility index (Phi) is 9.64. The van der Waals surface area contributed by atoms with Gasteiger partial charge in [0.15, 0.2) is 0 Å². The predicted octanol–water partition coefficient (Wildman–Crippen LogP) is 3.31. The van der Waals surface area contributed by atoms with E-state index in [0.29, 0.717) is 0 Å². The highest BCUT2D eigenvalue weighted by Crippen LogP contribution is 2.03. The Morgan fingerprint density at radius 1 is 0.706 bits per heavy atom. The van der Waals surface area contributed by atoms with Crippen LogP contribution < -0.4 is 7.39 Å². The normalized spacial score (nSPS) is 8.41. The van der Waals surface area contributed by atoms with E-state index in [2.05, 4.69) is 62.2 Å². The molecule has 0 unspecified atom stereocenters. The Morgan fingerprint density at radius 3 is 1.59 bits per heavy atom. The Labute approximate surface area is 139 Å². The van der Waals surface area contributed by atoms with Gasteiger partial charge in [-0.15, -0.1) is 0 Å². The van der Waals surface area contributed by atoms with Gasteiger partial charge < -0.3 is 0 Å². The van der Waals surface area contributed by atoms with Crippen molar-refractivity contribution in [2.75, 3.05) is 0 Å². The van der Waals surface area contributed by atoms with Gasteiger partial charge in [0.25, 0.3) is 0 Å². The topological polar surface area (TPSA) is 0 Å². The van der Waals surface area contributed by atoms with Crippen LogP contribution in [0.1, 0.15) is 0 Å². The van der Waals surface area contributed by atoms with Gasteiger partial charge in [-0.25, -0.2) is 0 Å². The Morgan fingerprint density at radius 2 is 1.18 bits per heavy atom. The van der Waals surface area contributed by atoms with Gasteiger partial charge in [0, 0.05) is 5.02 Å². The van der Waals surface area contributed by atoms with Crippen LogP contribution >= 0.6 is 37.4 Å². The second-order valence-corrected chi connectivity index (χ2v) is 9.35.